The van der Waals surface area contributed by atoms with Crippen LogP contribution < -0.4 is 16.6 Å². The number of nitrogens with zero attached hydrogens (tertiary/aromatic N) is 2. The third-order valence-corrected chi connectivity index (χ3v) is 5.00. The highest BCUT2D eigenvalue weighted by molar-refractivity contribution is 7.80. The summed E-state index contributed by atoms with van der Waals surface area (Å²) >= 11 is 0. The van der Waals surface area contributed by atoms with Crippen molar-refractivity contribution in [3.63, 3.8) is 0 Å². The molecule has 1 unspecified atom stereocenters. The quantitative estimate of drug-likeness (QED) is 0.318. The van der Waals surface area contributed by atoms with Gasteiger partial charge >= 0.3 is 16.4 Å². The van der Waals surface area contributed by atoms with Gasteiger partial charge in [0.2, 0.25) is 5.91 Å². The molecule has 3 fully saturated rings. The summed E-state index contributed by atoms with van der Waals surface area (Å²) in [5.74, 6) is -1.16. The fourth-order valence-electron chi connectivity index (χ4n) is 3.29. The van der Waals surface area contributed by atoms with Crippen LogP contribution in [-0.4, -0.2) is 65.4 Å². The molecular formula is C12H19N5O7S. The molecule has 0 radical (unpaired) electrons. The number of fused-ring (bicyclic) bond motifs is 2. The van der Waals surface area contributed by atoms with E-state index in [2.05, 4.69) is 15.1 Å². The Morgan fingerprint density at radius 1 is 1.20 bits per heavy atom. The number of amides is 4. The van der Waals surface area contributed by atoms with Crippen LogP contribution in [0.2, 0.25) is 0 Å². The van der Waals surface area contributed by atoms with E-state index in [0.29, 0.717) is 24.3 Å². The lowest BCUT2D eigenvalue weighted by Gasteiger charge is -2.32. The van der Waals surface area contributed by atoms with Crippen molar-refractivity contribution in [1.82, 2.24) is 20.8 Å². The molecule has 140 valence electrons. The second kappa shape index (κ2) is 6.40. The number of urea groups is 1. The van der Waals surface area contributed by atoms with E-state index in [-0.39, 0.29) is 30.8 Å². The minimum Gasteiger partial charge on any atom is -0.328 e. The Balaban J connectivity index is 1.56. The summed E-state index contributed by atoms with van der Waals surface area (Å²) < 4.78 is 34.6. The van der Waals surface area contributed by atoms with Gasteiger partial charge < -0.3 is 10.6 Å². The molecule has 13 heteroatoms. The number of hydroxylamine groups is 2. The van der Waals surface area contributed by atoms with Crippen LogP contribution in [0.15, 0.2) is 0 Å². The molecule has 0 aromatic heterocycles. The second-order valence-electron chi connectivity index (χ2n) is 6.42. The first-order chi connectivity index (χ1) is 11.7. The number of hydrogen-bond acceptors (Lipinski definition) is 7. The van der Waals surface area contributed by atoms with E-state index < -0.39 is 34.4 Å². The maximum absolute atomic E-state index is 12.2. The molecule has 2 bridgehead atoms. The number of piperidine rings is 1. The highest BCUT2D eigenvalue weighted by Gasteiger charge is 2.49. The number of nitrogens with one attached hydrogen (secondary N) is 2. The van der Waals surface area contributed by atoms with Gasteiger partial charge in [-0.05, 0) is 25.7 Å². The molecular weight excluding hydrogens is 358 g/mol. The molecule has 12 nitrogen and oxygen atoms in total. The maximum atomic E-state index is 12.2. The summed E-state index contributed by atoms with van der Waals surface area (Å²) in [6.07, 6.45) is 1.68. The number of hydrogen-bond donors (Lipinski definition) is 4. The molecule has 0 aromatic rings. The molecule has 3 rings (SSSR count). The van der Waals surface area contributed by atoms with E-state index in [1.807, 2.05) is 0 Å². The van der Waals surface area contributed by atoms with Crippen molar-refractivity contribution in [3.05, 3.63) is 0 Å². The van der Waals surface area contributed by atoms with Crippen molar-refractivity contribution in [1.29, 1.82) is 0 Å². The molecule has 1 aliphatic carbocycles. The number of rotatable bonds is 4. The Bertz CT molecular complexity index is 692. The molecule has 2 saturated heterocycles. The summed E-state index contributed by atoms with van der Waals surface area (Å²) in [5, 5.41) is 0.553. The summed E-state index contributed by atoms with van der Waals surface area (Å²) in [4.78, 5) is 37.4. The summed E-state index contributed by atoms with van der Waals surface area (Å²) in [7, 11) is -4.84. The fourth-order valence-corrected chi connectivity index (χ4v) is 3.68. The van der Waals surface area contributed by atoms with Gasteiger partial charge in [-0.2, -0.15) is 13.5 Å². The molecule has 0 aromatic carbocycles. The van der Waals surface area contributed by atoms with Crippen LogP contribution in [0, 0.1) is 5.92 Å². The largest absolute Gasteiger partial charge is 0.418 e. The molecule has 3 aliphatic rings. The van der Waals surface area contributed by atoms with E-state index in [0.717, 1.165) is 4.90 Å². The van der Waals surface area contributed by atoms with Gasteiger partial charge in [-0.15, -0.1) is 4.28 Å². The average Bonchev–Trinajstić information content (AvgIpc) is 2.73. The van der Waals surface area contributed by atoms with Crippen LogP contribution in [-0.2, 0) is 24.3 Å². The number of nitrogens with two attached hydrogens (primary N) is 1. The highest BCUT2D eigenvalue weighted by Crippen LogP contribution is 2.30. The van der Waals surface area contributed by atoms with E-state index in [4.69, 9.17) is 10.3 Å². The van der Waals surface area contributed by atoms with Crippen molar-refractivity contribution in [2.24, 2.45) is 11.7 Å². The molecule has 0 spiro atoms. The number of carbonyl (C=O) groups is 3. The van der Waals surface area contributed by atoms with E-state index in [1.54, 1.807) is 0 Å². The lowest BCUT2D eigenvalue weighted by atomic mass is 9.80. The molecule has 4 amide bonds. The minimum atomic E-state index is -4.84. The van der Waals surface area contributed by atoms with E-state index in [9.17, 15) is 22.8 Å². The van der Waals surface area contributed by atoms with Crippen molar-refractivity contribution in [2.75, 3.05) is 6.54 Å². The lowest BCUT2D eigenvalue weighted by molar-refractivity contribution is -0.135. The van der Waals surface area contributed by atoms with E-state index in [1.165, 1.54) is 0 Å². The van der Waals surface area contributed by atoms with Gasteiger partial charge in [-0.1, -0.05) is 0 Å². The normalized spacial score (nSPS) is 31.5. The first kappa shape index (κ1) is 17.8. The zero-order chi connectivity index (χ0) is 18.4. The van der Waals surface area contributed by atoms with Gasteiger partial charge in [0.15, 0.2) is 0 Å². The van der Waals surface area contributed by atoms with Gasteiger partial charge in [0.1, 0.15) is 6.04 Å². The van der Waals surface area contributed by atoms with Crippen LogP contribution in [0.5, 0.6) is 0 Å². The van der Waals surface area contributed by atoms with Gasteiger partial charge in [0.25, 0.3) is 5.91 Å². The van der Waals surface area contributed by atoms with E-state index >= 15 is 0 Å². The van der Waals surface area contributed by atoms with Crippen LogP contribution in [0.1, 0.15) is 25.7 Å². The van der Waals surface area contributed by atoms with Gasteiger partial charge in [0, 0.05) is 18.5 Å². The second-order valence-corrected chi connectivity index (χ2v) is 7.42. The van der Waals surface area contributed by atoms with Crippen LogP contribution in [0.25, 0.3) is 0 Å². The Hall–Kier alpha value is -1.96. The van der Waals surface area contributed by atoms with Crippen molar-refractivity contribution < 1.29 is 31.6 Å². The van der Waals surface area contributed by atoms with Gasteiger partial charge in [0.05, 0.1) is 6.04 Å². The van der Waals surface area contributed by atoms with Crippen molar-refractivity contribution >= 4 is 28.2 Å². The third-order valence-electron chi connectivity index (χ3n) is 4.65. The zero-order valence-electron chi connectivity index (χ0n) is 13.1. The van der Waals surface area contributed by atoms with Crippen LogP contribution in [0.3, 0.4) is 0 Å². The smallest absolute Gasteiger partial charge is 0.328 e. The Morgan fingerprint density at radius 2 is 1.84 bits per heavy atom. The average molecular weight is 377 g/mol. The topological polar surface area (TPSA) is 171 Å². The maximum Gasteiger partial charge on any atom is 0.418 e. The predicted octanol–water partition coefficient (Wildman–Crippen LogP) is -2.13. The molecule has 2 aliphatic heterocycles. The minimum absolute atomic E-state index is 0.00209. The SMILES string of the molecule is NC1CC(C(=O)NNC(=O)[C@@H]2CCC3CN2C(=O)N3OS(=O)(=O)O)C1. The first-order valence-corrected chi connectivity index (χ1v) is 9.14. The Kier molecular flexibility index (Phi) is 4.57. The van der Waals surface area contributed by atoms with Crippen molar-refractivity contribution in [3.8, 4) is 0 Å². The molecule has 25 heavy (non-hydrogen) atoms. The highest BCUT2D eigenvalue weighted by atomic mass is 32.3. The molecule has 1 saturated carbocycles. The summed E-state index contributed by atoms with van der Waals surface area (Å²) in [6, 6.07) is -2.29. The van der Waals surface area contributed by atoms with Crippen molar-refractivity contribution in [2.45, 2.75) is 43.8 Å². The molecule has 2 heterocycles. The predicted molar refractivity (Wildman–Crippen MR) is 80.4 cm³/mol. The molecule has 2 atom stereocenters. The standard InChI is InChI=1S/C12H19N5O7S/c13-7-3-6(4-7)10(18)14-15-11(19)9-2-1-8-5-16(9)12(20)17(8)24-25(21,22)23/h6-9H,1-5,13H2,(H,14,18)(H,15,19)(H,21,22,23)/t6?,7?,8?,9-/m0/s1. The van der Waals surface area contributed by atoms with Crippen LogP contribution in [0.4, 0.5) is 4.79 Å². The number of hydrazine groups is 1. The monoisotopic (exact) mass is 377 g/mol. The Labute approximate surface area is 143 Å². The molecule has 5 N–H and O–H groups in total. The van der Waals surface area contributed by atoms with Gasteiger partial charge in [-0.3, -0.25) is 25.0 Å². The zero-order valence-corrected chi connectivity index (χ0v) is 13.9. The van der Waals surface area contributed by atoms with Crippen LogP contribution >= 0.6 is 0 Å². The Morgan fingerprint density at radius 3 is 2.44 bits per heavy atom. The number of carbonyl (C=O) groups excluding carboxylic acids is 3. The fraction of sp³-hybridized carbons (Fsp3) is 0.750. The van der Waals surface area contributed by atoms with Gasteiger partial charge in [-0.25, -0.2) is 4.79 Å². The lowest BCUT2D eigenvalue weighted by Crippen LogP contribution is -2.56. The summed E-state index contributed by atoms with van der Waals surface area (Å²) in [5.41, 5.74) is 10.2. The summed E-state index contributed by atoms with van der Waals surface area (Å²) in [6.45, 7) is 0.0812. The third kappa shape index (κ3) is 3.68. The first-order valence-electron chi connectivity index (χ1n) is 7.78.